The van der Waals surface area contributed by atoms with E-state index in [0.717, 1.165) is 24.0 Å². The first-order chi connectivity index (χ1) is 9.65. The summed E-state index contributed by atoms with van der Waals surface area (Å²) in [5, 5.41) is 2.28. The van der Waals surface area contributed by atoms with Crippen LogP contribution in [-0.4, -0.2) is 29.2 Å². The van der Waals surface area contributed by atoms with E-state index in [-0.39, 0.29) is 6.23 Å². The van der Waals surface area contributed by atoms with Crippen molar-refractivity contribution in [2.24, 2.45) is 0 Å². The van der Waals surface area contributed by atoms with Crippen LogP contribution in [-0.2, 0) is 4.74 Å². The zero-order valence-electron chi connectivity index (χ0n) is 12.5. The number of aromatic nitrogens is 1. The third kappa shape index (κ3) is 3.17. The quantitative estimate of drug-likeness (QED) is 0.588. The predicted molar refractivity (Wildman–Crippen MR) is 84.2 cm³/mol. The summed E-state index contributed by atoms with van der Waals surface area (Å²) in [6.45, 7) is 12.3. The van der Waals surface area contributed by atoms with Crippen LogP contribution in [0.3, 0.4) is 0 Å². The van der Waals surface area contributed by atoms with Crippen LogP contribution in [0, 0.1) is 0 Å². The molecule has 1 aromatic carbocycles. The first-order valence-electron chi connectivity index (χ1n) is 7.09. The van der Waals surface area contributed by atoms with E-state index in [1.165, 1.54) is 5.39 Å². The summed E-state index contributed by atoms with van der Waals surface area (Å²) in [4.78, 5) is 6.39. The van der Waals surface area contributed by atoms with E-state index >= 15 is 0 Å². The Bertz CT molecular complexity index is 590. The summed E-state index contributed by atoms with van der Waals surface area (Å²) in [5.41, 5.74) is 1.00. The van der Waals surface area contributed by atoms with Crippen LogP contribution in [0.5, 0.6) is 0 Å². The summed E-state index contributed by atoms with van der Waals surface area (Å²) in [6.07, 6.45) is 3.69. The lowest BCUT2D eigenvalue weighted by atomic mass is 10.1. The summed E-state index contributed by atoms with van der Waals surface area (Å²) >= 11 is 0. The zero-order chi connectivity index (χ0) is 14.5. The van der Waals surface area contributed by atoms with E-state index in [4.69, 9.17) is 4.74 Å². The fraction of sp³-hybridized carbons (Fsp3) is 0.353. The number of hydrogen-bond acceptors (Lipinski definition) is 3. The molecular weight excluding hydrogens is 248 g/mol. The lowest BCUT2D eigenvalue weighted by Gasteiger charge is -2.27. The van der Waals surface area contributed by atoms with Gasteiger partial charge in [0.1, 0.15) is 12.0 Å². The predicted octanol–water partition coefficient (Wildman–Crippen LogP) is 3.91. The Morgan fingerprint density at radius 3 is 2.70 bits per heavy atom. The van der Waals surface area contributed by atoms with Crippen molar-refractivity contribution in [3.8, 4) is 0 Å². The van der Waals surface area contributed by atoms with Crippen molar-refractivity contribution in [3.05, 3.63) is 48.8 Å². The number of nitrogens with zero attached hydrogens (tertiary/aromatic N) is 2. The number of rotatable bonds is 6. The molecule has 1 unspecified atom stereocenters. The lowest BCUT2D eigenvalue weighted by Crippen LogP contribution is -2.34. The highest BCUT2D eigenvalue weighted by atomic mass is 16.5. The van der Waals surface area contributed by atoms with Gasteiger partial charge in [0.15, 0.2) is 0 Å². The van der Waals surface area contributed by atoms with E-state index in [2.05, 4.69) is 49.4 Å². The van der Waals surface area contributed by atoms with E-state index in [1.807, 2.05) is 18.3 Å². The summed E-state index contributed by atoms with van der Waals surface area (Å²) in [5.74, 6) is 0.704. The van der Waals surface area contributed by atoms with Gasteiger partial charge in [-0.1, -0.05) is 32.6 Å². The monoisotopic (exact) mass is 270 g/mol. The average Bonchev–Trinajstić information content (AvgIpc) is 2.48. The van der Waals surface area contributed by atoms with Gasteiger partial charge < -0.3 is 4.74 Å². The molecule has 0 bridgehead atoms. The minimum Gasteiger partial charge on any atom is -0.475 e. The molecule has 1 heterocycles. The highest BCUT2D eigenvalue weighted by Crippen LogP contribution is 2.22. The van der Waals surface area contributed by atoms with Gasteiger partial charge in [-0.3, -0.25) is 9.88 Å². The molecule has 0 N–H and O–H groups in total. The molecule has 0 aliphatic carbocycles. The zero-order valence-corrected chi connectivity index (χ0v) is 12.5. The lowest BCUT2D eigenvalue weighted by molar-refractivity contribution is 0.0261. The Kier molecular flexibility index (Phi) is 4.74. The summed E-state index contributed by atoms with van der Waals surface area (Å²) in [7, 11) is 0. The smallest absolute Gasteiger partial charge is 0.149 e. The fourth-order valence-corrected chi connectivity index (χ4v) is 2.34. The number of benzene rings is 1. The Labute approximate surface area is 120 Å². The Morgan fingerprint density at radius 1 is 1.25 bits per heavy atom. The van der Waals surface area contributed by atoms with E-state index in [9.17, 15) is 0 Å². The third-order valence-corrected chi connectivity index (χ3v) is 3.60. The molecule has 3 heteroatoms. The third-order valence-electron chi connectivity index (χ3n) is 3.60. The second-order valence-electron chi connectivity index (χ2n) is 4.80. The molecule has 1 atom stereocenters. The van der Waals surface area contributed by atoms with Crippen LogP contribution < -0.4 is 0 Å². The summed E-state index contributed by atoms with van der Waals surface area (Å²) < 4.78 is 5.94. The van der Waals surface area contributed by atoms with Crippen LogP contribution in [0.2, 0.25) is 0 Å². The minimum absolute atomic E-state index is 0.0297. The molecule has 2 rings (SSSR count). The van der Waals surface area contributed by atoms with E-state index in [0.29, 0.717) is 5.76 Å². The molecule has 0 aliphatic rings. The van der Waals surface area contributed by atoms with Gasteiger partial charge in [0.05, 0.1) is 0 Å². The van der Waals surface area contributed by atoms with Gasteiger partial charge in [-0.05, 0) is 37.5 Å². The second kappa shape index (κ2) is 6.53. The number of pyridine rings is 1. The SMILES string of the molecule is C=C(OC(C)N(CC)CC)c1ccc2ccncc2c1. The first-order valence-corrected chi connectivity index (χ1v) is 7.09. The number of ether oxygens (including phenoxy) is 1. The standard InChI is InChI=1S/C17H22N2O/c1-5-19(6-2)14(4)20-13(3)16-8-7-15-9-10-18-12-17(15)11-16/h7-12,14H,3,5-6H2,1-2,4H3. The van der Waals surface area contributed by atoms with E-state index < -0.39 is 0 Å². The summed E-state index contributed by atoms with van der Waals surface area (Å²) in [6, 6.07) is 8.18. The topological polar surface area (TPSA) is 25.4 Å². The molecular formula is C17H22N2O. The highest BCUT2D eigenvalue weighted by molar-refractivity contribution is 5.84. The maximum Gasteiger partial charge on any atom is 0.149 e. The normalized spacial score (nSPS) is 12.6. The number of hydrogen-bond donors (Lipinski definition) is 0. The van der Waals surface area contributed by atoms with Crippen LogP contribution in [0.1, 0.15) is 26.3 Å². The van der Waals surface area contributed by atoms with Crippen molar-refractivity contribution in [1.82, 2.24) is 9.88 Å². The highest BCUT2D eigenvalue weighted by Gasteiger charge is 2.12. The molecule has 0 fully saturated rings. The van der Waals surface area contributed by atoms with Crippen molar-refractivity contribution in [1.29, 1.82) is 0 Å². The van der Waals surface area contributed by atoms with E-state index in [1.54, 1.807) is 6.20 Å². The van der Waals surface area contributed by atoms with Crippen molar-refractivity contribution < 1.29 is 4.74 Å². The first kappa shape index (κ1) is 14.5. The molecule has 3 nitrogen and oxygen atoms in total. The molecule has 1 aromatic heterocycles. The average molecular weight is 270 g/mol. The van der Waals surface area contributed by atoms with Crippen LogP contribution in [0.15, 0.2) is 43.2 Å². The van der Waals surface area contributed by atoms with Crippen molar-refractivity contribution >= 4 is 16.5 Å². The van der Waals surface area contributed by atoms with Gasteiger partial charge in [0.25, 0.3) is 0 Å². The van der Waals surface area contributed by atoms with Gasteiger partial charge in [0, 0.05) is 23.3 Å². The fourth-order valence-electron chi connectivity index (χ4n) is 2.34. The van der Waals surface area contributed by atoms with Crippen LogP contribution in [0.25, 0.3) is 16.5 Å². The maximum absolute atomic E-state index is 5.94. The van der Waals surface area contributed by atoms with Gasteiger partial charge in [-0.15, -0.1) is 0 Å². The minimum atomic E-state index is 0.0297. The van der Waals surface area contributed by atoms with Crippen molar-refractivity contribution in [2.45, 2.75) is 27.0 Å². The maximum atomic E-state index is 5.94. The molecule has 0 aliphatic heterocycles. The molecule has 0 saturated heterocycles. The molecule has 0 saturated carbocycles. The van der Waals surface area contributed by atoms with Crippen molar-refractivity contribution in [3.63, 3.8) is 0 Å². The molecule has 0 radical (unpaired) electrons. The molecule has 0 spiro atoms. The van der Waals surface area contributed by atoms with Crippen LogP contribution >= 0.6 is 0 Å². The Hall–Kier alpha value is -1.87. The molecule has 20 heavy (non-hydrogen) atoms. The van der Waals surface area contributed by atoms with Gasteiger partial charge in [-0.2, -0.15) is 0 Å². The second-order valence-corrected chi connectivity index (χ2v) is 4.80. The molecule has 106 valence electrons. The Balaban J connectivity index is 2.15. The molecule has 0 amide bonds. The van der Waals surface area contributed by atoms with Gasteiger partial charge in [-0.25, -0.2) is 0 Å². The molecule has 2 aromatic rings. The Morgan fingerprint density at radius 2 is 2.00 bits per heavy atom. The van der Waals surface area contributed by atoms with Gasteiger partial charge in [0.2, 0.25) is 0 Å². The largest absolute Gasteiger partial charge is 0.475 e. The van der Waals surface area contributed by atoms with Crippen LogP contribution in [0.4, 0.5) is 0 Å². The van der Waals surface area contributed by atoms with Crippen molar-refractivity contribution in [2.75, 3.05) is 13.1 Å². The van der Waals surface area contributed by atoms with Gasteiger partial charge >= 0.3 is 0 Å². The number of fused-ring (bicyclic) bond motifs is 1.